The summed E-state index contributed by atoms with van der Waals surface area (Å²) in [6.45, 7) is 0.177. The van der Waals surface area contributed by atoms with E-state index in [0.29, 0.717) is 19.3 Å². The zero-order valence-corrected chi connectivity index (χ0v) is 6.79. The summed E-state index contributed by atoms with van der Waals surface area (Å²) in [4.78, 5) is 0. The van der Waals surface area contributed by atoms with E-state index in [9.17, 15) is 0 Å². The van der Waals surface area contributed by atoms with Crippen LogP contribution in [-0.2, 0) is 0 Å². The predicted molar refractivity (Wildman–Crippen MR) is 40.7 cm³/mol. The van der Waals surface area contributed by atoms with E-state index < -0.39 is 0 Å². The van der Waals surface area contributed by atoms with Gasteiger partial charge in [0.2, 0.25) is 0 Å². The monoisotopic (exact) mass is 164 g/mol. The van der Waals surface area contributed by atoms with Gasteiger partial charge in [0, 0.05) is 39.1 Å². The van der Waals surface area contributed by atoms with Crippen molar-refractivity contribution in [3.63, 3.8) is 0 Å². The van der Waals surface area contributed by atoms with Crippen LogP contribution in [0.25, 0.3) is 0 Å². The van der Waals surface area contributed by atoms with Gasteiger partial charge in [-0.05, 0) is 0 Å². The van der Waals surface area contributed by atoms with Gasteiger partial charge in [-0.15, -0.1) is 0 Å². The summed E-state index contributed by atoms with van der Waals surface area (Å²) in [5, 5.41) is 26.0. The molecule has 0 aliphatic rings. The second-order valence-electron chi connectivity index (χ2n) is 2.92. The van der Waals surface area contributed by atoms with Crippen LogP contribution in [0.2, 0.25) is 0 Å². The number of aliphatic hydroxyl groups is 3. The Morgan fingerprint density at radius 3 is 1.27 bits per heavy atom. The maximum absolute atomic E-state index is 8.65. The van der Waals surface area contributed by atoms with E-state index in [1.807, 2.05) is 0 Å². The number of aliphatic hydroxyl groups excluding tert-OH is 3. The first-order chi connectivity index (χ1) is 5.18. The first-order valence-corrected chi connectivity index (χ1v) is 3.86. The Hall–Kier alpha value is -0.160. The lowest BCUT2D eigenvalue weighted by atomic mass is 9.90. The summed E-state index contributed by atoms with van der Waals surface area (Å²) < 4.78 is 0. The van der Waals surface area contributed by atoms with Crippen LogP contribution >= 0.6 is 0 Å². The Morgan fingerprint density at radius 2 is 1.09 bits per heavy atom. The van der Waals surface area contributed by atoms with Crippen LogP contribution in [0.4, 0.5) is 0 Å². The fourth-order valence-electron chi connectivity index (χ4n) is 1.09. The molecule has 0 aromatic heterocycles. The average Bonchev–Trinajstić information content (AvgIpc) is 1.88. The van der Waals surface area contributed by atoms with Crippen molar-refractivity contribution in [3.8, 4) is 0 Å². The van der Waals surface area contributed by atoms with E-state index in [1.165, 1.54) is 0 Å². The lowest BCUT2D eigenvalue weighted by molar-refractivity contribution is -0.485. The van der Waals surface area contributed by atoms with Gasteiger partial charge in [0.15, 0.2) is 0 Å². The number of hydrogen-bond acceptors (Lipinski definition) is 3. The lowest BCUT2D eigenvalue weighted by Gasteiger charge is -2.22. The largest absolute Gasteiger partial charge is 0.396 e. The minimum Gasteiger partial charge on any atom is -0.396 e. The molecule has 0 bridgehead atoms. The van der Waals surface area contributed by atoms with Gasteiger partial charge in [-0.2, -0.15) is 0 Å². The number of hydrogen-bond donors (Lipinski definition) is 4. The van der Waals surface area contributed by atoms with Gasteiger partial charge in [-0.1, -0.05) is 0 Å². The molecule has 0 fully saturated rings. The highest BCUT2D eigenvalue weighted by Crippen LogP contribution is 2.12. The maximum atomic E-state index is 8.65. The first kappa shape index (κ1) is 10.8. The van der Waals surface area contributed by atoms with Crippen LogP contribution in [-0.4, -0.2) is 40.7 Å². The Labute approximate surface area is 66.7 Å². The van der Waals surface area contributed by atoms with E-state index in [-0.39, 0.29) is 25.4 Å². The van der Waals surface area contributed by atoms with Gasteiger partial charge in [0.25, 0.3) is 0 Å². The van der Waals surface area contributed by atoms with Crippen LogP contribution in [0.5, 0.6) is 0 Å². The molecule has 0 radical (unpaired) electrons. The molecule has 0 aromatic rings. The summed E-state index contributed by atoms with van der Waals surface area (Å²) in [6.07, 6.45) is 1.61. The molecule has 0 spiro atoms. The molecule has 0 saturated heterocycles. The minimum absolute atomic E-state index is 0.0590. The van der Waals surface area contributed by atoms with Crippen LogP contribution in [0.15, 0.2) is 0 Å². The van der Waals surface area contributed by atoms with E-state index in [0.717, 1.165) is 0 Å². The normalized spacial score (nSPS) is 12.0. The molecule has 0 saturated carbocycles. The van der Waals surface area contributed by atoms with Gasteiger partial charge in [0.05, 0.1) is 0 Å². The quantitative estimate of drug-likeness (QED) is 0.370. The molecule has 0 rings (SSSR count). The second-order valence-corrected chi connectivity index (χ2v) is 2.92. The van der Waals surface area contributed by atoms with Gasteiger partial charge >= 0.3 is 0 Å². The third kappa shape index (κ3) is 4.31. The molecule has 0 aliphatic carbocycles. The summed E-state index contributed by atoms with van der Waals surface area (Å²) >= 11 is 0. The Kier molecular flexibility index (Phi) is 5.41. The van der Waals surface area contributed by atoms with Gasteiger partial charge in [-0.25, -0.2) is 0 Å². The predicted octanol–water partition coefficient (Wildman–Crippen LogP) is -1.89. The Balaban J connectivity index is 3.79. The van der Waals surface area contributed by atoms with Crippen LogP contribution < -0.4 is 5.73 Å². The molecule has 4 nitrogen and oxygen atoms in total. The van der Waals surface area contributed by atoms with E-state index in [1.54, 1.807) is 0 Å². The molecule has 68 valence electrons. The summed E-state index contributed by atoms with van der Waals surface area (Å²) in [7, 11) is 0. The molecule has 0 amide bonds. The number of quaternary nitrogens is 1. The highest BCUT2D eigenvalue weighted by atomic mass is 16.3. The van der Waals surface area contributed by atoms with E-state index >= 15 is 0 Å². The third-order valence-corrected chi connectivity index (χ3v) is 1.93. The summed E-state index contributed by atoms with van der Waals surface area (Å²) in [5.41, 5.74) is 3.51. The molecule has 0 aromatic carbocycles. The van der Waals surface area contributed by atoms with Crippen molar-refractivity contribution in [1.29, 1.82) is 0 Å². The summed E-state index contributed by atoms with van der Waals surface area (Å²) in [5.74, 6) is 0. The average molecular weight is 164 g/mol. The molecule has 11 heavy (non-hydrogen) atoms. The van der Waals surface area contributed by atoms with Crippen molar-refractivity contribution in [2.45, 2.75) is 24.8 Å². The van der Waals surface area contributed by atoms with Crippen molar-refractivity contribution >= 4 is 0 Å². The molecule has 4 heteroatoms. The highest BCUT2D eigenvalue weighted by Gasteiger charge is 2.26. The van der Waals surface area contributed by atoms with Crippen molar-refractivity contribution in [2.24, 2.45) is 0 Å². The van der Waals surface area contributed by atoms with Crippen molar-refractivity contribution in [2.75, 3.05) is 19.8 Å². The summed E-state index contributed by atoms with van der Waals surface area (Å²) in [6, 6.07) is 0. The van der Waals surface area contributed by atoms with Crippen LogP contribution in [0.1, 0.15) is 19.3 Å². The van der Waals surface area contributed by atoms with Crippen molar-refractivity contribution in [1.82, 2.24) is 0 Å². The zero-order chi connectivity index (χ0) is 8.74. The molecule has 0 atom stereocenters. The van der Waals surface area contributed by atoms with Gasteiger partial charge in [-0.3, -0.25) is 0 Å². The Bertz CT molecular complexity index is 80.7. The zero-order valence-electron chi connectivity index (χ0n) is 6.79. The molecule has 6 N–H and O–H groups in total. The minimum atomic E-state index is -0.349. The van der Waals surface area contributed by atoms with Gasteiger partial charge < -0.3 is 21.1 Å². The van der Waals surface area contributed by atoms with Crippen LogP contribution in [0.3, 0.4) is 0 Å². The van der Waals surface area contributed by atoms with E-state index in [2.05, 4.69) is 5.73 Å². The molecular weight excluding hydrogens is 146 g/mol. The third-order valence-electron chi connectivity index (χ3n) is 1.93. The second kappa shape index (κ2) is 5.49. The fourth-order valence-corrected chi connectivity index (χ4v) is 1.09. The van der Waals surface area contributed by atoms with E-state index in [4.69, 9.17) is 15.3 Å². The fraction of sp³-hybridized carbons (Fsp3) is 1.00. The molecule has 0 heterocycles. The topological polar surface area (TPSA) is 88.3 Å². The highest BCUT2D eigenvalue weighted by molar-refractivity contribution is 4.75. The lowest BCUT2D eigenvalue weighted by Crippen LogP contribution is -2.73. The standard InChI is InChI=1S/C7H17NO3/c8-7(1-4-9,2-5-10)3-6-11/h9-11H,1-6,8H2/p+1. The Morgan fingerprint density at radius 1 is 0.818 bits per heavy atom. The first-order valence-electron chi connectivity index (χ1n) is 3.86. The van der Waals surface area contributed by atoms with Crippen molar-refractivity contribution < 1.29 is 21.1 Å². The van der Waals surface area contributed by atoms with Crippen LogP contribution in [0, 0.1) is 0 Å². The maximum Gasteiger partial charge on any atom is 0.101 e. The van der Waals surface area contributed by atoms with Crippen molar-refractivity contribution in [3.05, 3.63) is 0 Å². The smallest absolute Gasteiger partial charge is 0.101 e. The number of rotatable bonds is 6. The SMILES string of the molecule is [NH3+]C(CCO)(CCO)CCO. The molecule has 0 aliphatic heterocycles. The van der Waals surface area contributed by atoms with Gasteiger partial charge in [0.1, 0.15) is 5.54 Å². The molecular formula is C7H18NO3+. The molecule has 0 unspecified atom stereocenters.